The molecule has 1 aromatic rings. The molecule has 1 N–H and O–H groups in total. The number of rotatable bonds is 4. The summed E-state index contributed by atoms with van der Waals surface area (Å²) in [6, 6.07) is 1.97. The number of nitrogens with one attached hydrogen (secondary N) is 1. The minimum absolute atomic E-state index is 0.109. The Balaban J connectivity index is 2.17. The maximum absolute atomic E-state index is 12.4. The van der Waals surface area contributed by atoms with E-state index in [2.05, 4.69) is 4.98 Å². The lowest BCUT2D eigenvalue weighted by Crippen LogP contribution is -2.48. The average Bonchev–Trinajstić information content (AvgIpc) is 2.97. The smallest absolute Gasteiger partial charge is 0.328 e. The maximum atomic E-state index is 12.4. The van der Waals surface area contributed by atoms with Gasteiger partial charge in [-0.2, -0.15) is 0 Å². The minimum Gasteiger partial charge on any atom is -0.464 e. The standard InChI is InChI=1S/C13H17N3O5/c1-2-21-13(18)10-5-3-4-8-15(10)12(17)9-6-7-11(14-9)16(19)20/h6-7,10,14H,2-5,8H2,1H3. The maximum Gasteiger partial charge on any atom is 0.328 e. The van der Waals surface area contributed by atoms with Crippen molar-refractivity contribution in [2.24, 2.45) is 0 Å². The molecular weight excluding hydrogens is 278 g/mol. The monoisotopic (exact) mass is 295 g/mol. The van der Waals surface area contributed by atoms with Crippen LogP contribution in [0.4, 0.5) is 5.82 Å². The van der Waals surface area contributed by atoms with E-state index in [-0.39, 0.29) is 18.1 Å². The minimum atomic E-state index is -0.617. The Labute approximate surface area is 121 Å². The topological polar surface area (TPSA) is 106 Å². The molecule has 0 aromatic carbocycles. The number of hydrogen-bond acceptors (Lipinski definition) is 5. The van der Waals surface area contributed by atoms with Crippen molar-refractivity contribution in [1.82, 2.24) is 9.88 Å². The SMILES string of the molecule is CCOC(=O)C1CCCCN1C(=O)c1ccc([N+](=O)[O-])[nH]1. The van der Waals surface area contributed by atoms with Crippen LogP contribution >= 0.6 is 0 Å². The number of H-pyrrole nitrogens is 1. The third-order valence-corrected chi connectivity index (χ3v) is 3.42. The van der Waals surface area contributed by atoms with Crippen molar-refractivity contribution in [2.75, 3.05) is 13.2 Å². The number of carbonyl (C=O) groups is 2. The number of aromatic nitrogens is 1. The van der Waals surface area contributed by atoms with Gasteiger partial charge in [0.2, 0.25) is 0 Å². The fourth-order valence-electron chi connectivity index (χ4n) is 2.43. The number of nitro groups is 1. The summed E-state index contributed by atoms with van der Waals surface area (Å²) in [6.45, 7) is 2.40. The van der Waals surface area contributed by atoms with Gasteiger partial charge >= 0.3 is 11.8 Å². The van der Waals surface area contributed by atoms with Gasteiger partial charge in [0.25, 0.3) is 5.91 Å². The molecule has 1 aliphatic heterocycles. The summed E-state index contributed by atoms with van der Waals surface area (Å²) < 4.78 is 4.99. The summed E-state index contributed by atoms with van der Waals surface area (Å²) in [7, 11) is 0. The molecule has 2 rings (SSSR count). The number of carbonyl (C=O) groups excluding carboxylic acids is 2. The van der Waals surface area contributed by atoms with E-state index in [0.717, 1.165) is 12.8 Å². The summed E-state index contributed by atoms with van der Waals surface area (Å²) in [5.74, 6) is -1.09. The van der Waals surface area contributed by atoms with Crippen LogP contribution in [0.1, 0.15) is 36.7 Å². The predicted octanol–water partition coefficient (Wildman–Crippen LogP) is 1.48. The number of likely N-dealkylation sites (tertiary alicyclic amines) is 1. The second-order valence-electron chi connectivity index (χ2n) is 4.78. The molecule has 1 aliphatic rings. The molecule has 1 unspecified atom stereocenters. The van der Waals surface area contributed by atoms with Crippen LogP contribution in [-0.2, 0) is 9.53 Å². The van der Waals surface area contributed by atoms with E-state index < -0.39 is 22.8 Å². The molecule has 1 aromatic heterocycles. The van der Waals surface area contributed by atoms with Gasteiger partial charge in [-0.1, -0.05) is 0 Å². The Morgan fingerprint density at radius 1 is 1.48 bits per heavy atom. The van der Waals surface area contributed by atoms with Gasteiger partial charge in [-0.3, -0.25) is 4.79 Å². The van der Waals surface area contributed by atoms with Gasteiger partial charge < -0.3 is 19.8 Å². The zero-order chi connectivity index (χ0) is 15.4. The van der Waals surface area contributed by atoms with Gasteiger partial charge in [-0.25, -0.2) is 9.78 Å². The van der Waals surface area contributed by atoms with Crippen molar-refractivity contribution in [3.63, 3.8) is 0 Å². The Morgan fingerprint density at radius 2 is 2.24 bits per heavy atom. The number of amides is 1. The Hall–Kier alpha value is -2.38. The predicted molar refractivity (Wildman–Crippen MR) is 72.8 cm³/mol. The number of nitrogens with zero attached hydrogens (tertiary/aromatic N) is 2. The van der Waals surface area contributed by atoms with Gasteiger partial charge in [0.15, 0.2) is 5.69 Å². The number of aromatic amines is 1. The molecule has 8 heteroatoms. The fourth-order valence-corrected chi connectivity index (χ4v) is 2.43. The first-order valence-corrected chi connectivity index (χ1v) is 6.85. The van der Waals surface area contributed by atoms with Gasteiger partial charge in [-0.15, -0.1) is 0 Å². The Morgan fingerprint density at radius 3 is 2.86 bits per heavy atom. The molecular formula is C13H17N3O5. The summed E-state index contributed by atoms with van der Waals surface area (Å²) >= 11 is 0. The van der Waals surface area contributed by atoms with Crippen LogP contribution in [0.5, 0.6) is 0 Å². The van der Waals surface area contributed by atoms with Crippen LogP contribution in [0.25, 0.3) is 0 Å². The molecule has 0 saturated carbocycles. The molecule has 1 atom stereocenters. The van der Waals surface area contributed by atoms with Crippen LogP contribution < -0.4 is 0 Å². The van der Waals surface area contributed by atoms with E-state index in [9.17, 15) is 19.7 Å². The van der Waals surface area contributed by atoms with Crippen molar-refractivity contribution in [3.05, 3.63) is 27.9 Å². The lowest BCUT2D eigenvalue weighted by atomic mass is 10.0. The molecule has 0 bridgehead atoms. The van der Waals surface area contributed by atoms with Gasteiger partial charge in [0.05, 0.1) is 6.61 Å². The lowest BCUT2D eigenvalue weighted by Gasteiger charge is -2.33. The summed E-state index contributed by atoms with van der Waals surface area (Å²) in [6.07, 6.45) is 2.19. The van der Waals surface area contributed by atoms with Gasteiger partial charge in [0.1, 0.15) is 6.04 Å². The highest BCUT2D eigenvalue weighted by Crippen LogP contribution is 2.21. The zero-order valence-electron chi connectivity index (χ0n) is 11.7. The van der Waals surface area contributed by atoms with E-state index in [0.29, 0.717) is 13.0 Å². The first-order valence-electron chi connectivity index (χ1n) is 6.85. The molecule has 1 amide bonds. The summed E-state index contributed by atoms with van der Waals surface area (Å²) in [5, 5.41) is 10.6. The van der Waals surface area contributed by atoms with Crippen molar-refractivity contribution < 1.29 is 19.2 Å². The summed E-state index contributed by atoms with van der Waals surface area (Å²) in [5.41, 5.74) is 0.109. The number of piperidine rings is 1. The molecule has 1 fully saturated rings. The van der Waals surface area contributed by atoms with Crippen LogP contribution in [0.15, 0.2) is 12.1 Å². The first kappa shape index (κ1) is 15.0. The number of ether oxygens (including phenoxy) is 1. The average molecular weight is 295 g/mol. The highest BCUT2D eigenvalue weighted by atomic mass is 16.6. The van der Waals surface area contributed by atoms with Crippen molar-refractivity contribution in [1.29, 1.82) is 0 Å². The number of esters is 1. The highest BCUT2D eigenvalue weighted by molar-refractivity contribution is 5.95. The van der Waals surface area contributed by atoms with Crippen LogP contribution in [0, 0.1) is 10.1 Å². The van der Waals surface area contributed by atoms with Gasteiger partial charge in [0, 0.05) is 12.6 Å². The van der Waals surface area contributed by atoms with E-state index >= 15 is 0 Å². The molecule has 0 aliphatic carbocycles. The highest BCUT2D eigenvalue weighted by Gasteiger charge is 2.35. The molecule has 114 valence electrons. The summed E-state index contributed by atoms with van der Waals surface area (Å²) in [4.78, 5) is 38.3. The quantitative estimate of drug-likeness (QED) is 0.514. The molecule has 0 radical (unpaired) electrons. The van der Waals surface area contributed by atoms with Crippen molar-refractivity contribution in [3.8, 4) is 0 Å². The second kappa shape index (κ2) is 6.38. The van der Waals surface area contributed by atoms with Crippen molar-refractivity contribution >= 4 is 17.7 Å². The van der Waals surface area contributed by atoms with Crippen LogP contribution in [0.3, 0.4) is 0 Å². The first-order chi connectivity index (χ1) is 10.0. The van der Waals surface area contributed by atoms with E-state index in [1.807, 2.05) is 0 Å². The normalized spacial score (nSPS) is 18.3. The molecule has 0 spiro atoms. The number of hydrogen-bond donors (Lipinski definition) is 1. The van der Waals surface area contributed by atoms with Gasteiger partial charge in [-0.05, 0) is 37.2 Å². The fraction of sp³-hybridized carbons (Fsp3) is 0.538. The van der Waals surface area contributed by atoms with Crippen LogP contribution in [0.2, 0.25) is 0 Å². The van der Waals surface area contributed by atoms with E-state index in [1.165, 1.54) is 17.0 Å². The third-order valence-electron chi connectivity index (χ3n) is 3.42. The third kappa shape index (κ3) is 3.21. The van der Waals surface area contributed by atoms with E-state index in [4.69, 9.17) is 4.74 Å². The van der Waals surface area contributed by atoms with E-state index in [1.54, 1.807) is 6.92 Å². The molecule has 21 heavy (non-hydrogen) atoms. The Bertz CT molecular complexity index is 554. The molecule has 2 heterocycles. The van der Waals surface area contributed by atoms with Crippen molar-refractivity contribution in [2.45, 2.75) is 32.2 Å². The second-order valence-corrected chi connectivity index (χ2v) is 4.78. The zero-order valence-corrected chi connectivity index (χ0v) is 11.7. The Kier molecular flexibility index (Phi) is 4.56. The lowest BCUT2D eigenvalue weighted by molar-refractivity contribution is -0.389. The molecule has 1 saturated heterocycles. The molecule has 8 nitrogen and oxygen atoms in total. The van der Waals surface area contributed by atoms with Crippen LogP contribution in [-0.4, -0.2) is 45.9 Å². The largest absolute Gasteiger partial charge is 0.464 e.